The molecular formula is C18H23FN2O6. The third-order valence-corrected chi connectivity index (χ3v) is 3.71. The van der Waals surface area contributed by atoms with Crippen LogP contribution >= 0.6 is 0 Å². The maximum absolute atomic E-state index is 13.0. The van der Waals surface area contributed by atoms with Gasteiger partial charge in [-0.1, -0.05) is 12.1 Å². The highest BCUT2D eigenvalue weighted by Gasteiger charge is 2.27. The van der Waals surface area contributed by atoms with Crippen molar-refractivity contribution < 1.29 is 33.0 Å². The van der Waals surface area contributed by atoms with Crippen LogP contribution in [0.15, 0.2) is 24.3 Å². The van der Waals surface area contributed by atoms with Crippen molar-refractivity contribution in [3.05, 3.63) is 35.6 Å². The predicted molar refractivity (Wildman–Crippen MR) is 92.9 cm³/mol. The number of rotatable bonds is 9. The Labute approximate surface area is 156 Å². The number of carbonyl (C=O) groups is 4. The number of halogens is 1. The molecule has 2 atom stereocenters. The number of carbonyl (C=O) groups excluding carboxylic acids is 4. The van der Waals surface area contributed by atoms with E-state index in [-0.39, 0.29) is 19.3 Å². The highest BCUT2D eigenvalue weighted by Crippen LogP contribution is 2.08. The average Bonchev–Trinajstić information content (AvgIpc) is 2.64. The number of benzene rings is 1. The number of esters is 2. The highest BCUT2D eigenvalue weighted by molar-refractivity contribution is 5.90. The minimum Gasteiger partial charge on any atom is -0.469 e. The highest BCUT2D eigenvalue weighted by atomic mass is 19.1. The summed E-state index contributed by atoms with van der Waals surface area (Å²) in [4.78, 5) is 47.2. The molecule has 0 radical (unpaired) electrons. The van der Waals surface area contributed by atoms with E-state index in [1.807, 2.05) is 0 Å². The molecular weight excluding hydrogens is 359 g/mol. The molecule has 0 saturated carbocycles. The SMILES string of the molecule is COC(=O)CC[C@@H](NC(=O)[C@H](Cc1ccc(F)cc1)NC(C)=O)C(=O)OC. The fourth-order valence-corrected chi connectivity index (χ4v) is 2.34. The Bertz CT molecular complexity index is 677. The van der Waals surface area contributed by atoms with Crippen molar-refractivity contribution in [2.24, 2.45) is 0 Å². The summed E-state index contributed by atoms with van der Waals surface area (Å²) in [5.41, 5.74) is 0.620. The fourth-order valence-electron chi connectivity index (χ4n) is 2.34. The number of methoxy groups -OCH3 is 2. The van der Waals surface area contributed by atoms with E-state index in [1.54, 1.807) is 0 Å². The zero-order valence-electron chi connectivity index (χ0n) is 15.4. The molecule has 1 aromatic carbocycles. The minimum absolute atomic E-state index is 0.0194. The van der Waals surface area contributed by atoms with Crippen molar-refractivity contribution in [3.8, 4) is 0 Å². The molecule has 0 aromatic heterocycles. The standard InChI is InChI=1S/C18H23FN2O6/c1-11(22)20-15(10-12-4-6-13(19)7-5-12)17(24)21-14(18(25)27-3)8-9-16(23)26-2/h4-7,14-15H,8-10H2,1-3H3,(H,20,22)(H,21,24)/t14-,15+/m1/s1. The number of amides is 2. The molecule has 148 valence electrons. The predicted octanol–water partition coefficient (Wildman–Crippen LogP) is 0.484. The molecule has 27 heavy (non-hydrogen) atoms. The molecule has 0 fully saturated rings. The minimum atomic E-state index is -1.08. The van der Waals surface area contributed by atoms with Gasteiger partial charge in [0.05, 0.1) is 14.2 Å². The Balaban J connectivity index is 2.86. The molecule has 1 aromatic rings. The summed E-state index contributed by atoms with van der Waals surface area (Å²) in [6.07, 6.45) is -0.0235. The summed E-state index contributed by atoms with van der Waals surface area (Å²) in [6.45, 7) is 1.25. The second-order valence-electron chi connectivity index (χ2n) is 5.78. The molecule has 0 aliphatic carbocycles. The van der Waals surface area contributed by atoms with E-state index in [4.69, 9.17) is 0 Å². The largest absolute Gasteiger partial charge is 0.469 e. The second-order valence-corrected chi connectivity index (χ2v) is 5.78. The fraction of sp³-hybridized carbons (Fsp3) is 0.444. The Kier molecular flexibility index (Phi) is 8.91. The molecule has 0 spiro atoms. The summed E-state index contributed by atoms with van der Waals surface area (Å²) in [7, 11) is 2.37. The van der Waals surface area contributed by atoms with Crippen molar-refractivity contribution >= 4 is 23.8 Å². The van der Waals surface area contributed by atoms with E-state index < -0.39 is 41.7 Å². The first kappa shape index (κ1) is 22.1. The van der Waals surface area contributed by atoms with Crippen LogP contribution in [-0.4, -0.2) is 50.1 Å². The Morgan fingerprint density at radius 2 is 1.63 bits per heavy atom. The maximum Gasteiger partial charge on any atom is 0.328 e. The van der Waals surface area contributed by atoms with Crippen molar-refractivity contribution in [3.63, 3.8) is 0 Å². The van der Waals surface area contributed by atoms with Gasteiger partial charge in [0.15, 0.2) is 0 Å². The Morgan fingerprint density at radius 1 is 1.00 bits per heavy atom. The first-order chi connectivity index (χ1) is 12.8. The van der Waals surface area contributed by atoms with Gasteiger partial charge < -0.3 is 20.1 Å². The first-order valence-corrected chi connectivity index (χ1v) is 8.23. The van der Waals surface area contributed by atoms with Crippen LogP contribution in [0.3, 0.4) is 0 Å². The smallest absolute Gasteiger partial charge is 0.328 e. The molecule has 0 aliphatic heterocycles. The lowest BCUT2D eigenvalue weighted by atomic mass is 10.0. The van der Waals surface area contributed by atoms with Crippen molar-refractivity contribution in [1.82, 2.24) is 10.6 Å². The van der Waals surface area contributed by atoms with E-state index in [9.17, 15) is 23.6 Å². The topological polar surface area (TPSA) is 111 Å². The first-order valence-electron chi connectivity index (χ1n) is 8.23. The van der Waals surface area contributed by atoms with Gasteiger partial charge in [-0.25, -0.2) is 9.18 Å². The normalized spacial score (nSPS) is 12.4. The molecule has 8 nitrogen and oxygen atoms in total. The lowest BCUT2D eigenvalue weighted by Crippen LogP contribution is -2.52. The Morgan fingerprint density at radius 3 is 2.15 bits per heavy atom. The van der Waals surface area contributed by atoms with Crippen LogP contribution in [0.1, 0.15) is 25.3 Å². The molecule has 9 heteroatoms. The van der Waals surface area contributed by atoms with Crippen LogP contribution in [0, 0.1) is 5.82 Å². The van der Waals surface area contributed by atoms with Crippen molar-refractivity contribution in [1.29, 1.82) is 0 Å². The van der Waals surface area contributed by atoms with Gasteiger partial charge in [-0.2, -0.15) is 0 Å². The maximum atomic E-state index is 13.0. The number of ether oxygens (including phenoxy) is 2. The number of hydrogen-bond donors (Lipinski definition) is 2. The van der Waals surface area contributed by atoms with Crippen molar-refractivity contribution in [2.45, 2.75) is 38.3 Å². The van der Waals surface area contributed by atoms with E-state index in [2.05, 4.69) is 20.1 Å². The van der Waals surface area contributed by atoms with Gasteiger partial charge in [0.2, 0.25) is 11.8 Å². The van der Waals surface area contributed by atoms with Crippen molar-refractivity contribution in [2.75, 3.05) is 14.2 Å². The zero-order valence-corrected chi connectivity index (χ0v) is 15.4. The van der Waals surface area contributed by atoms with E-state index in [0.717, 1.165) is 7.11 Å². The lowest BCUT2D eigenvalue weighted by Gasteiger charge is -2.22. The van der Waals surface area contributed by atoms with Crippen LogP contribution in [0.5, 0.6) is 0 Å². The van der Waals surface area contributed by atoms with Crippen LogP contribution in [0.25, 0.3) is 0 Å². The van der Waals surface area contributed by atoms with E-state index >= 15 is 0 Å². The third kappa shape index (κ3) is 7.85. The summed E-state index contributed by atoms with van der Waals surface area (Å²) in [5, 5.41) is 4.97. The molecule has 2 amide bonds. The summed E-state index contributed by atoms with van der Waals surface area (Å²) < 4.78 is 22.2. The van der Waals surface area contributed by atoms with Crippen LogP contribution in [0.2, 0.25) is 0 Å². The number of nitrogens with one attached hydrogen (secondary N) is 2. The van der Waals surface area contributed by atoms with Crippen LogP contribution < -0.4 is 10.6 Å². The molecule has 0 saturated heterocycles. The van der Waals surface area contributed by atoms with Crippen LogP contribution in [0.4, 0.5) is 4.39 Å². The van der Waals surface area contributed by atoms with Gasteiger partial charge in [0.1, 0.15) is 17.9 Å². The number of hydrogen-bond acceptors (Lipinski definition) is 6. The van der Waals surface area contributed by atoms with E-state index in [1.165, 1.54) is 38.3 Å². The molecule has 0 heterocycles. The monoisotopic (exact) mass is 382 g/mol. The lowest BCUT2D eigenvalue weighted by molar-refractivity contribution is -0.146. The third-order valence-electron chi connectivity index (χ3n) is 3.71. The van der Waals surface area contributed by atoms with Crippen LogP contribution in [-0.2, 0) is 35.1 Å². The molecule has 2 N–H and O–H groups in total. The average molecular weight is 382 g/mol. The molecule has 0 unspecified atom stereocenters. The van der Waals surface area contributed by atoms with Gasteiger partial charge in [-0.3, -0.25) is 14.4 Å². The molecule has 0 bridgehead atoms. The second kappa shape index (κ2) is 10.9. The van der Waals surface area contributed by atoms with Gasteiger partial charge in [-0.05, 0) is 24.1 Å². The Hall–Kier alpha value is -2.97. The zero-order chi connectivity index (χ0) is 20.4. The van der Waals surface area contributed by atoms with Gasteiger partial charge >= 0.3 is 11.9 Å². The molecule has 1 rings (SSSR count). The summed E-state index contributed by atoms with van der Waals surface area (Å²) >= 11 is 0. The summed E-state index contributed by atoms with van der Waals surface area (Å²) in [6, 6.07) is 3.40. The van der Waals surface area contributed by atoms with E-state index in [0.29, 0.717) is 5.56 Å². The molecule has 0 aliphatic rings. The van der Waals surface area contributed by atoms with Gasteiger partial charge in [0, 0.05) is 19.8 Å². The summed E-state index contributed by atoms with van der Waals surface area (Å²) in [5.74, 6) is -2.76. The quantitative estimate of drug-likeness (QED) is 0.601. The van der Waals surface area contributed by atoms with Gasteiger partial charge in [-0.15, -0.1) is 0 Å². The van der Waals surface area contributed by atoms with Gasteiger partial charge in [0.25, 0.3) is 0 Å².